The van der Waals surface area contributed by atoms with Gasteiger partial charge >= 0.3 is 0 Å². The number of amides is 1. The van der Waals surface area contributed by atoms with Gasteiger partial charge in [-0.15, -0.1) is 11.3 Å². The van der Waals surface area contributed by atoms with E-state index in [-0.39, 0.29) is 17.4 Å². The number of piperidine rings is 1. The molecule has 1 amide bonds. The lowest BCUT2D eigenvalue weighted by Gasteiger charge is -2.36. The molecule has 20 heavy (non-hydrogen) atoms. The number of hydrogen-bond donors (Lipinski definition) is 2. The molecule has 1 unspecified atom stereocenters. The minimum absolute atomic E-state index is 0.0482. The lowest BCUT2D eigenvalue weighted by Crippen LogP contribution is -2.47. The van der Waals surface area contributed by atoms with Gasteiger partial charge < -0.3 is 10.6 Å². The number of carbonyl (C=O) groups is 1. The van der Waals surface area contributed by atoms with Gasteiger partial charge in [-0.3, -0.25) is 4.79 Å². The topological polar surface area (TPSA) is 54.0 Å². The summed E-state index contributed by atoms with van der Waals surface area (Å²) < 4.78 is 0. The molecule has 112 valence electrons. The Morgan fingerprint density at radius 2 is 2.10 bits per heavy atom. The summed E-state index contributed by atoms with van der Waals surface area (Å²) in [6, 6.07) is 0.0482. The molecule has 1 saturated heterocycles. The fourth-order valence-corrected chi connectivity index (χ4v) is 3.94. The first-order valence-corrected chi connectivity index (χ1v) is 8.26. The molecule has 1 aliphatic rings. The molecule has 1 atom stereocenters. The monoisotopic (exact) mass is 295 g/mol. The summed E-state index contributed by atoms with van der Waals surface area (Å²) >= 11 is 1.68. The summed E-state index contributed by atoms with van der Waals surface area (Å²) in [7, 11) is 0. The van der Waals surface area contributed by atoms with Crippen LogP contribution in [0.2, 0.25) is 0 Å². The van der Waals surface area contributed by atoms with E-state index >= 15 is 0 Å². The first-order chi connectivity index (χ1) is 9.48. The van der Waals surface area contributed by atoms with Crippen LogP contribution in [0.25, 0.3) is 0 Å². The Balaban J connectivity index is 2.08. The van der Waals surface area contributed by atoms with Crippen molar-refractivity contribution in [1.82, 2.24) is 15.6 Å². The average molecular weight is 295 g/mol. The first-order valence-electron chi connectivity index (χ1n) is 7.44. The highest BCUT2D eigenvalue weighted by molar-refractivity contribution is 7.11. The van der Waals surface area contributed by atoms with Crippen LogP contribution in [0, 0.1) is 19.3 Å². The van der Waals surface area contributed by atoms with Crippen molar-refractivity contribution in [3.8, 4) is 0 Å². The van der Waals surface area contributed by atoms with Gasteiger partial charge in [0.05, 0.1) is 22.2 Å². The number of nitrogens with one attached hydrogen (secondary N) is 2. The largest absolute Gasteiger partial charge is 0.348 e. The van der Waals surface area contributed by atoms with E-state index in [1.807, 2.05) is 13.8 Å². The van der Waals surface area contributed by atoms with E-state index in [0.717, 1.165) is 43.1 Å². The molecule has 0 aliphatic carbocycles. The van der Waals surface area contributed by atoms with E-state index in [9.17, 15) is 4.79 Å². The van der Waals surface area contributed by atoms with E-state index < -0.39 is 0 Å². The normalized spacial score (nSPS) is 19.6. The summed E-state index contributed by atoms with van der Waals surface area (Å²) in [5, 5.41) is 7.61. The zero-order valence-corrected chi connectivity index (χ0v) is 13.7. The Labute approximate surface area is 125 Å². The van der Waals surface area contributed by atoms with E-state index in [2.05, 4.69) is 29.5 Å². The molecule has 2 N–H and O–H groups in total. The van der Waals surface area contributed by atoms with Crippen LogP contribution in [0.5, 0.6) is 0 Å². The maximum absolute atomic E-state index is 12.7. The second kappa shape index (κ2) is 6.22. The van der Waals surface area contributed by atoms with Crippen LogP contribution in [0.1, 0.15) is 54.7 Å². The van der Waals surface area contributed by atoms with Crippen LogP contribution in [-0.4, -0.2) is 24.0 Å². The molecule has 1 aliphatic heterocycles. The molecule has 1 aromatic rings. The summed E-state index contributed by atoms with van der Waals surface area (Å²) in [5.74, 6) is 0.208. The van der Waals surface area contributed by atoms with Crippen molar-refractivity contribution in [3.05, 3.63) is 15.6 Å². The van der Waals surface area contributed by atoms with Crippen LogP contribution in [0.3, 0.4) is 0 Å². The smallest absolute Gasteiger partial charge is 0.226 e. The Kier molecular flexibility index (Phi) is 4.81. The SMILES string of the molecule is CCC1(C(=O)NC(C)c2sc(C)nc2C)CCNCC1. The molecule has 4 nitrogen and oxygen atoms in total. The van der Waals surface area contributed by atoms with Crippen molar-refractivity contribution in [3.63, 3.8) is 0 Å². The first kappa shape index (κ1) is 15.4. The second-order valence-corrected chi connectivity index (χ2v) is 7.00. The predicted octanol–water partition coefficient (Wildman–Crippen LogP) is 2.72. The lowest BCUT2D eigenvalue weighted by atomic mass is 9.75. The standard InChI is InChI=1S/C15H25N3OS/c1-5-15(6-8-16-9-7-15)14(19)18-11(3)13-10(2)17-12(4)20-13/h11,16H,5-9H2,1-4H3,(H,18,19). The molecule has 2 rings (SSSR count). The maximum Gasteiger partial charge on any atom is 0.226 e. The highest BCUT2D eigenvalue weighted by Gasteiger charge is 2.38. The number of rotatable bonds is 4. The third-order valence-corrected chi connectivity index (χ3v) is 5.65. The predicted molar refractivity (Wildman–Crippen MR) is 83.0 cm³/mol. The van der Waals surface area contributed by atoms with E-state index in [0.29, 0.717) is 0 Å². The van der Waals surface area contributed by atoms with Gasteiger partial charge in [-0.1, -0.05) is 6.92 Å². The van der Waals surface area contributed by atoms with Crippen molar-refractivity contribution >= 4 is 17.2 Å². The molecule has 2 heterocycles. The molecule has 1 fully saturated rings. The highest BCUT2D eigenvalue weighted by Crippen LogP contribution is 2.34. The number of thiazole rings is 1. The summed E-state index contributed by atoms with van der Waals surface area (Å²) in [5.41, 5.74) is 0.851. The van der Waals surface area contributed by atoms with Crippen LogP contribution in [0.15, 0.2) is 0 Å². The fraction of sp³-hybridized carbons (Fsp3) is 0.733. The van der Waals surface area contributed by atoms with Gasteiger partial charge in [-0.05, 0) is 53.1 Å². The number of aromatic nitrogens is 1. The molecule has 0 radical (unpaired) electrons. The molecule has 0 saturated carbocycles. The highest BCUT2D eigenvalue weighted by atomic mass is 32.1. The van der Waals surface area contributed by atoms with Gasteiger partial charge in [0.1, 0.15) is 0 Å². The Bertz CT molecular complexity index is 477. The molecule has 0 aromatic carbocycles. The summed E-state index contributed by atoms with van der Waals surface area (Å²) in [6.45, 7) is 10.1. The van der Waals surface area contributed by atoms with Gasteiger partial charge in [-0.2, -0.15) is 0 Å². The number of carbonyl (C=O) groups excluding carboxylic acids is 1. The number of nitrogens with zero attached hydrogens (tertiary/aromatic N) is 1. The zero-order valence-electron chi connectivity index (χ0n) is 12.9. The Morgan fingerprint density at radius 1 is 1.45 bits per heavy atom. The summed E-state index contributed by atoms with van der Waals surface area (Å²) in [6.07, 6.45) is 2.78. The Hall–Kier alpha value is -0.940. The molecule has 5 heteroatoms. The molecular formula is C15H25N3OS. The van der Waals surface area contributed by atoms with Crippen LogP contribution in [-0.2, 0) is 4.79 Å². The van der Waals surface area contributed by atoms with Crippen LogP contribution >= 0.6 is 11.3 Å². The van der Waals surface area contributed by atoms with Crippen molar-refractivity contribution in [2.24, 2.45) is 5.41 Å². The zero-order chi connectivity index (χ0) is 14.8. The maximum atomic E-state index is 12.7. The number of aryl methyl sites for hydroxylation is 2. The van der Waals surface area contributed by atoms with Crippen molar-refractivity contribution in [1.29, 1.82) is 0 Å². The second-order valence-electron chi connectivity index (χ2n) is 5.76. The van der Waals surface area contributed by atoms with Crippen molar-refractivity contribution in [2.45, 2.75) is 53.0 Å². The third kappa shape index (κ3) is 3.04. The summed E-state index contributed by atoms with van der Waals surface area (Å²) in [4.78, 5) is 18.3. The van der Waals surface area contributed by atoms with Crippen molar-refractivity contribution in [2.75, 3.05) is 13.1 Å². The van der Waals surface area contributed by atoms with Gasteiger partial charge in [0.25, 0.3) is 0 Å². The Morgan fingerprint density at radius 3 is 2.60 bits per heavy atom. The minimum atomic E-state index is -0.187. The van der Waals surface area contributed by atoms with E-state index in [1.54, 1.807) is 11.3 Å². The number of hydrogen-bond acceptors (Lipinski definition) is 4. The fourth-order valence-electron chi connectivity index (χ4n) is 3.01. The third-order valence-electron chi connectivity index (χ3n) is 4.40. The van der Waals surface area contributed by atoms with Crippen molar-refractivity contribution < 1.29 is 4.79 Å². The van der Waals surface area contributed by atoms with Gasteiger partial charge in [0.2, 0.25) is 5.91 Å². The van der Waals surface area contributed by atoms with Gasteiger partial charge in [0, 0.05) is 4.88 Å². The van der Waals surface area contributed by atoms with Gasteiger partial charge in [-0.25, -0.2) is 4.98 Å². The lowest BCUT2D eigenvalue weighted by molar-refractivity contribution is -0.133. The van der Waals surface area contributed by atoms with Crippen LogP contribution < -0.4 is 10.6 Å². The molecule has 0 bridgehead atoms. The van der Waals surface area contributed by atoms with Gasteiger partial charge in [0.15, 0.2) is 0 Å². The quantitative estimate of drug-likeness (QED) is 0.898. The molecule has 1 aromatic heterocycles. The van der Waals surface area contributed by atoms with Crippen LogP contribution in [0.4, 0.5) is 0 Å². The minimum Gasteiger partial charge on any atom is -0.348 e. The average Bonchev–Trinajstić information content (AvgIpc) is 2.78. The van der Waals surface area contributed by atoms with E-state index in [4.69, 9.17) is 0 Å². The molecule has 0 spiro atoms. The van der Waals surface area contributed by atoms with E-state index in [1.165, 1.54) is 4.88 Å². The molecular weight excluding hydrogens is 270 g/mol.